The van der Waals surface area contributed by atoms with Gasteiger partial charge in [-0.15, -0.1) is 0 Å². The number of likely N-dealkylation sites (tertiary alicyclic amines) is 1. The van der Waals surface area contributed by atoms with Gasteiger partial charge in [-0.3, -0.25) is 14.4 Å². The second kappa shape index (κ2) is 6.72. The molecular formula is C14H22N2O4. The Hall–Kier alpha value is -1.59. The van der Waals surface area contributed by atoms with Gasteiger partial charge in [0.05, 0.1) is 11.8 Å². The van der Waals surface area contributed by atoms with Crippen molar-refractivity contribution in [1.29, 1.82) is 0 Å². The normalized spacial score (nSPS) is 26.0. The van der Waals surface area contributed by atoms with Gasteiger partial charge >= 0.3 is 5.97 Å². The van der Waals surface area contributed by atoms with Crippen LogP contribution in [-0.2, 0) is 14.4 Å². The first-order valence-electron chi connectivity index (χ1n) is 7.38. The van der Waals surface area contributed by atoms with Crippen LogP contribution in [0.2, 0.25) is 0 Å². The van der Waals surface area contributed by atoms with E-state index in [-0.39, 0.29) is 17.7 Å². The van der Waals surface area contributed by atoms with Crippen LogP contribution in [0.4, 0.5) is 0 Å². The van der Waals surface area contributed by atoms with Crippen LogP contribution in [0.1, 0.15) is 38.5 Å². The van der Waals surface area contributed by atoms with Gasteiger partial charge in [0.15, 0.2) is 0 Å². The zero-order valence-corrected chi connectivity index (χ0v) is 11.6. The number of aliphatic carboxylic acids is 1. The molecule has 2 unspecified atom stereocenters. The Kier molecular flexibility index (Phi) is 4.98. The Labute approximate surface area is 118 Å². The van der Waals surface area contributed by atoms with Crippen LogP contribution in [0, 0.1) is 11.8 Å². The van der Waals surface area contributed by atoms with Crippen LogP contribution in [0.5, 0.6) is 0 Å². The molecule has 0 aromatic heterocycles. The molecule has 0 radical (unpaired) electrons. The summed E-state index contributed by atoms with van der Waals surface area (Å²) in [6, 6.07) is 0. The molecule has 2 rings (SSSR count). The van der Waals surface area contributed by atoms with E-state index in [4.69, 9.17) is 5.11 Å². The van der Waals surface area contributed by atoms with Crippen LogP contribution in [0.15, 0.2) is 0 Å². The molecule has 2 amide bonds. The molecule has 1 aliphatic carbocycles. The third-order valence-electron chi connectivity index (χ3n) is 4.02. The fraction of sp³-hybridized carbons (Fsp3) is 0.786. The van der Waals surface area contributed by atoms with Crippen molar-refractivity contribution in [3.8, 4) is 0 Å². The quantitative estimate of drug-likeness (QED) is 0.699. The minimum absolute atomic E-state index is 0.167. The second-order valence-corrected chi connectivity index (χ2v) is 5.62. The van der Waals surface area contributed by atoms with Crippen molar-refractivity contribution in [3.05, 3.63) is 0 Å². The number of carbonyl (C=O) groups excluding carboxylic acids is 2. The number of hydrogen-bond donors (Lipinski definition) is 2. The standard InChI is InChI=1S/C14H22N2O4/c17-12-5-2-1-3-7-16(12)8-4-6-15-13(18)10-9-11(10)14(19)20/h10-11H,1-9H2,(H,15,18)(H,19,20). The third kappa shape index (κ3) is 3.95. The van der Waals surface area contributed by atoms with Gasteiger partial charge in [0.2, 0.25) is 11.8 Å². The van der Waals surface area contributed by atoms with Gasteiger partial charge < -0.3 is 15.3 Å². The lowest BCUT2D eigenvalue weighted by Gasteiger charge is -2.20. The summed E-state index contributed by atoms with van der Waals surface area (Å²) in [5.41, 5.74) is 0. The highest BCUT2D eigenvalue weighted by atomic mass is 16.4. The first-order valence-corrected chi connectivity index (χ1v) is 7.38. The fourth-order valence-electron chi connectivity index (χ4n) is 2.65. The predicted octanol–water partition coefficient (Wildman–Crippen LogP) is 0.616. The smallest absolute Gasteiger partial charge is 0.307 e. The molecule has 2 fully saturated rings. The first kappa shape index (κ1) is 14.8. The van der Waals surface area contributed by atoms with E-state index in [2.05, 4.69) is 5.32 Å². The van der Waals surface area contributed by atoms with Crippen LogP contribution in [0.3, 0.4) is 0 Å². The minimum Gasteiger partial charge on any atom is -0.481 e. The minimum atomic E-state index is -0.889. The van der Waals surface area contributed by atoms with E-state index in [1.807, 2.05) is 4.90 Å². The molecule has 0 aromatic rings. The topological polar surface area (TPSA) is 86.7 Å². The Morgan fingerprint density at radius 3 is 2.75 bits per heavy atom. The summed E-state index contributed by atoms with van der Waals surface area (Å²) in [6.45, 7) is 1.99. The number of nitrogens with zero attached hydrogens (tertiary/aromatic N) is 1. The third-order valence-corrected chi connectivity index (χ3v) is 4.02. The van der Waals surface area contributed by atoms with Crippen molar-refractivity contribution in [2.75, 3.05) is 19.6 Å². The molecule has 1 saturated carbocycles. The second-order valence-electron chi connectivity index (χ2n) is 5.62. The van der Waals surface area contributed by atoms with Gasteiger partial charge in [0.1, 0.15) is 0 Å². The van der Waals surface area contributed by atoms with E-state index in [9.17, 15) is 14.4 Å². The molecular weight excluding hydrogens is 260 g/mol. The number of nitrogens with one attached hydrogen (secondary N) is 1. The molecule has 20 heavy (non-hydrogen) atoms. The number of carboxylic acids is 1. The molecule has 1 saturated heterocycles. The predicted molar refractivity (Wildman–Crippen MR) is 71.9 cm³/mol. The average Bonchev–Trinajstić information content (AvgIpc) is 3.20. The van der Waals surface area contributed by atoms with Crippen molar-refractivity contribution < 1.29 is 19.5 Å². The largest absolute Gasteiger partial charge is 0.481 e. The van der Waals surface area contributed by atoms with Gasteiger partial charge in [0.25, 0.3) is 0 Å². The van der Waals surface area contributed by atoms with E-state index < -0.39 is 11.9 Å². The van der Waals surface area contributed by atoms with E-state index in [0.717, 1.165) is 32.2 Å². The van der Waals surface area contributed by atoms with Crippen molar-refractivity contribution in [3.63, 3.8) is 0 Å². The molecule has 1 heterocycles. The molecule has 0 aromatic carbocycles. The van der Waals surface area contributed by atoms with E-state index in [0.29, 0.717) is 25.9 Å². The van der Waals surface area contributed by atoms with Crippen molar-refractivity contribution in [1.82, 2.24) is 10.2 Å². The molecule has 2 aliphatic rings. The number of amides is 2. The molecule has 2 atom stereocenters. The summed E-state index contributed by atoms with van der Waals surface area (Å²) >= 11 is 0. The fourth-order valence-corrected chi connectivity index (χ4v) is 2.65. The first-order chi connectivity index (χ1) is 9.59. The van der Waals surface area contributed by atoms with Crippen molar-refractivity contribution in [2.24, 2.45) is 11.8 Å². The lowest BCUT2D eigenvalue weighted by atomic mass is 10.2. The zero-order valence-electron chi connectivity index (χ0n) is 11.6. The van der Waals surface area contributed by atoms with Crippen molar-refractivity contribution in [2.45, 2.75) is 38.5 Å². The summed E-state index contributed by atoms with van der Waals surface area (Å²) in [4.78, 5) is 35.9. The Bertz CT molecular complexity index is 397. The maximum atomic E-state index is 11.8. The Balaban J connectivity index is 1.60. The molecule has 0 spiro atoms. The molecule has 1 aliphatic heterocycles. The van der Waals surface area contributed by atoms with Gasteiger partial charge in [-0.05, 0) is 25.7 Å². The van der Waals surface area contributed by atoms with Crippen LogP contribution < -0.4 is 5.32 Å². The number of hydrogen-bond acceptors (Lipinski definition) is 3. The van der Waals surface area contributed by atoms with Crippen LogP contribution in [0.25, 0.3) is 0 Å². The summed E-state index contributed by atoms with van der Waals surface area (Å²) in [6.07, 6.45) is 4.95. The monoisotopic (exact) mass is 282 g/mol. The number of carbonyl (C=O) groups is 3. The van der Waals surface area contributed by atoms with Crippen LogP contribution in [-0.4, -0.2) is 47.4 Å². The lowest BCUT2D eigenvalue weighted by molar-refractivity contribution is -0.140. The highest BCUT2D eigenvalue weighted by molar-refractivity contribution is 5.89. The average molecular weight is 282 g/mol. The summed E-state index contributed by atoms with van der Waals surface area (Å²) in [5.74, 6) is -1.70. The molecule has 2 N–H and O–H groups in total. The number of rotatable bonds is 6. The van der Waals surface area contributed by atoms with Gasteiger partial charge in [-0.2, -0.15) is 0 Å². The maximum absolute atomic E-state index is 11.8. The van der Waals surface area contributed by atoms with Crippen molar-refractivity contribution >= 4 is 17.8 Å². The summed E-state index contributed by atoms with van der Waals surface area (Å²) in [5, 5.41) is 11.5. The van der Waals surface area contributed by atoms with E-state index in [1.54, 1.807) is 0 Å². The summed E-state index contributed by atoms with van der Waals surface area (Å²) < 4.78 is 0. The van der Waals surface area contributed by atoms with E-state index in [1.165, 1.54) is 0 Å². The zero-order chi connectivity index (χ0) is 14.5. The Morgan fingerprint density at radius 2 is 2.05 bits per heavy atom. The summed E-state index contributed by atoms with van der Waals surface area (Å²) in [7, 11) is 0. The van der Waals surface area contributed by atoms with E-state index >= 15 is 0 Å². The highest BCUT2D eigenvalue weighted by Gasteiger charge is 2.48. The van der Waals surface area contributed by atoms with Gasteiger partial charge in [-0.25, -0.2) is 0 Å². The maximum Gasteiger partial charge on any atom is 0.307 e. The van der Waals surface area contributed by atoms with Gasteiger partial charge in [-0.1, -0.05) is 6.42 Å². The highest BCUT2D eigenvalue weighted by Crippen LogP contribution is 2.38. The molecule has 0 bridgehead atoms. The molecule has 112 valence electrons. The molecule has 6 nitrogen and oxygen atoms in total. The van der Waals surface area contributed by atoms with Gasteiger partial charge in [0, 0.05) is 26.1 Å². The van der Waals surface area contributed by atoms with Crippen LogP contribution >= 0.6 is 0 Å². The molecule has 6 heteroatoms. The lowest BCUT2D eigenvalue weighted by Crippen LogP contribution is -2.34. The Morgan fingerprint density at radius 1 is 1.25 bits per heavy atom. The SMILES string of the molecule is O=C(O)C1CC1C(=O)NCCCN1CCCCCC1=O. The number of carboxylic acid groups (broad SMARTS) is 1.